The Kier molecular flexibility index (Phi) is 7.23. The molecule has 0 radical (unpaired) electrons. The van der Waals surface area contributed by atoms with E-state index in [0.29, 0.717) is 33.8 Å². The van der Waals surface area contributed by atoms with Gasteiger partial charge in [-0.15, -0.1) is 0 Å². The first kappa shape index (κ1) is 21.3. The number of hydrogen-bond donors (Lipinski definition) is 1. The molecule has 29 heavy (non-hydrogen) atoms. The summed E-state index contributed by atoms with van der Waals surface area (Å²) in [5.74, 6) is 0.675. The Morgan fingerprint density at radius 3 is 2.52 bits per heavy atom. The number of benzene rings is 2. The van der Waals surface area contributed by atoms with Crippen molar-refractivity contribution >= 4 is 40.7 Å². The highest BCUT2D eigenvalue weighted by molar-refractivity contribution is 6.43. The van der Waals surface area contributed by atoms with Gasteiger partial charge in [0.25, 0.3) is 5.91 Å². The van der Waals surface area contributed by atoms with Gasteiger partial charge in [-0.2, -0.15) is 0 Å². The number of nitrogens with one attached hydrogen (secondary N) is 1. The molecule has 1 fully saturated rings. The number of amides is 2. The molecule has 8 heteroatoms. The van der Waals surface area contributed by atoms with Crippen LogP contribution in [0.1, 0.15) is 19.3 Å². The Morgan fingerprint density at radius 1 is 1.10 bits per heavy atom. The first-order valence-corrected chi connectivity index (χ1v) is 10.0. The topological polar surface area (TPSA) is 67.9 Å². The number of carbonyl (C=O) groups is 2. The number of halogens is 2. The first-order chi connectivity index (χ1) is 14.0. The predicted molar refractivity (Wildman–Crippen MR) is 113 cm³/mol. The van der Waals surface area contributed by atoms with E-state index < -0.39 is 0 Å². The van der Waals surface area contributed by atoms with E-state index >= 15 is 0 Å². The Bertz CT molecular complexity index is 887. The summed E-state index contributed by atoms with van der Waals surface area (Å²) in [6.45, 7) is 0.196. The summed E-state index contributed by atoms with van der Waals surface area (Å²) in [4.78, 5) is 26.7. The van der Waals surface area contributed by atoms with Crippen molar-refractivity contribution in [2.24, 2.45) is 0 Å². The van der Waals surface area contributed by atoms with E-state index in [1.165, 1.54) is 0 Å². The van der Waals surface area contributed by atoms with Crippen LogP contribution in [0.25, 0.3) is 0 Å². The largest absolute Gasteiger partial charge is 0.493 e. The van der Waals surface area contributed by atoms with Crippen LogP contribution in [0.3, 0.4) is 0 Å². The van der Waals surface area contributed by atoms with Crippen LogP contribution in [0.5, 0.6) is 11.5 Å². The van der Waals surface area contributed by atoms with Crippen molar-refractivity contribution in [1.82, 2.24) is 4.90 Å². The zero-order valence-electron chi connectivity index (χ0n) is 16.0. The zero-order valence-corrected chi connectivity index (χ0v) is 17.5. The van der Waals surface area contributed by atoms with Crippen LogP contribution in [0.15, 0.2) is 42.5 Å². The lowest BCUT2D eigenvalue weighted by molar-refractivity contribution is -0.134. The van der Waals surface area contributed by atoms with Gasteiger partial charge in [0.1, 0.15) is 0 Å². The molecule has 6 nitrogen and oxygen atoms in total. The third-order valence-electron chi connectivity index (χ3n) is 4.53. The summed E-state index contributed by atoms with van der Waals surface area (Å²) in [5, 5.41) is 3.40. The quantitative estimate of drug-likeness (QED) is 0.632. The highest BCUT2D eigenvalue weighted by Gasteiger charge is 2.33. The minimum Gasteiger partial charge on any atom is -0.493 e. The van der Waals surface area contributed by atoms with Gasteiger partial charge >= 0.3 is 0 Å². The average molecular weight is 437 g/mol. The fraction of sp³-hybridized carbons (Fsp3) is 0.333. The molecule has 0 heterocycles. The summed E-state index contributed by atoms with van der Waals surface area (Å²) >= 11 is 12.1. The molecule has 1 N–H and O–H groups in total. The summed E-state index contributed by atoms with van der Waals surface area (Å²) in [5.41, 5.74) is 0.452. The SMILES string of the molecule is COc1ccccc1OCC(=O)N(CCC(=O)Nc1cccc(Cl)c1Cl)C1CC1. The van der Waals surface area contributed by atoms with Gasteiger partial charge in [0.15, 0.2) is 18.1 Å². The molecule has 2 amide bonds. The highest BCUT2D eigenvalue weighted by Crippen LogP contribution is 2.30. The summed E-state index contributed by atoms with van der Waals surface area (Å²) in [6.07, 6.45) is 2.02. The van der Waals surface area contributed by atoms with Crippen LogP contribution in [0.4, 0.5) is 5.69 Å². The van der Waals surface area contributed by atoms with Crippen LogP contribution in [-0.4, -0.2) is 43.0 Å². The van der Waals surface area contributed by atoms with Crippen molar-refractivity contribution in [1.29, 1.82) is 0 Å². The van der Waals surface area contributed by atoms with E-state index in [2.05, 4.69) is 5.32 Å². The Hall–Kier alpha value is -2.44. The average Bonchev–Trinajstić information content (AvgIpc) is 3.55. The number of nitrogens with zero attached hydrogens (tertiary/aromatic N) is 1. The maximum Gasteiger partial charge on any atom is 0.260 e. The summed E-state index contributed by atoms with van der Waals surface area (Å²) in [7, 11) is 1.55. The summed E-state index contributed by atoms with van der Waals surface area (Å²) in [6, 6.07) is 12.3. The standard InChI is InChI=1S/C21H22Cl2N2O4/c1-28-17-7-2-3-8-18(17)29-13-20(27)25(14-9-10-14)12-11-19(26)24-16-6-4-5-15(22)21(16)23/h2-8,14H,9-13H2,1H3,(H,24,26). The van der Waals surface area contributed by atoms with Gasteiger partial charge in [-0.3, -0.25) is 9.59 Å². The molecule has 0 saturated heterocycles. The van der Waals surface area contributed by atoms with Crippen molar-refractivity contribution in [3.05, 3.63) is 52.5 Å². The van der Waals surface area contributed by atoms with Crippen LogP contribution < -0.4 is 14.8 Å². The second-order valence-corrected chi connectivity index (χ2v) is 7.44. The van der Waals surface area contributed by atoms with Gasteiger partial charge in [-0.05, 0) is 37.1 Å². The number of para-hydroxylation sites is 2. The van der Waals surface area contributed by atoms with Gasteiger partial charge in [0, 0.05) is 19.0 Å². The zero-order chi connectivity index (χ0) is 20.8. The van der Waals surface area contributed by atoms with Crippen LogP contribution in [0.2, 0.25) is 10.0 Å². The normalized spacial score (nSPS) is 12.9. The molecule has 1 saturated carbocycles. The molecular formula is C21H22Cl2N2O4. The Balaban J connectivity index is 1.54. The molecule has 3 rings (SSSR count). The van der Waals surface area contributed by atoms with Crippen molar-refractivity contribution < 1.29 is 19.1 Å². The molecule has 1 aliphatic carbocycles. The van der Waals surface area contributed by atoms with Gasteiger partial charge in [-0.25, -0.2) is 0 Å². The van der Waals surface area contributed by atoms with E-state index in [1.54, 1.807) is 42.3 Å². The lowest BCUT2D eigenvalue weighted by atomic mass is 10.3. The number of carbonyl (C=O) groups excluding carboxylic acids is 2. The highest BCUT2D eigenvalue weighted by atomic mass is 35.5. The monoisotopic (exact) mass is 436 g/mol. The van der Waals surface area contributed by atoms with Gasteiger partial charge < -0.3 is 19.7 Å². The number of hydrogen-bond acceptors (Lipinski definition) is 4. The lowest BCUT2D eigenvalue weighted by Crippen LogP contribution is -2.38. The molecule has 0 unspecified atom stereocenters. The lowest BCUT2D eigenvalue weighted by Gasteiger charge is -2.22. The van der Waals surface area contributed by atoms with Crippen molar-refractivity contribution in [2.45, 2.75) is 25.3 Å². The summed E-state index contributed by atoms with van der Waals surface area (Å²) < 4.78 is 10.9. The van der Waals surface area contributed by atoms with Gasteiger partial charge in [0.05, 0.1) is 22.8 Å². The van der Waals surface area contributed by atoms with Crippen LogP contribution >= 0.6 is 23.2 Å². The predicted octanol–water partition coefficient (Wildman–Crippen LogP) is 4.40. The third kappa shape index (κ3) is 5.78. The molecule has 0 atom stereocenters. The van der Waals surface area contributed by atoms with Gasteiger partial charge in [-0.1, -0.05) is 41.4 Å². The van der Waals surface area contributed by atoms with E-state index in [0.717, 1.165) is 12.8 Å². The maximum atomic E-state index is 12.7. The number of ether oxygens (including phenoxy) is 2. The van der Waals surface area contributed by atoms with Crippen LogP contribution in [0, 0.1) is 0 Å². The fourth-order valence-electron chi connectivity index (χ4n) is 2.89. The molecule has 0 aliphatic heterocycles. The molecule has 0 aromatic heterocycles. The molecule has 0 bridgehead atoms. The molecule has 154 valence electrons. The minimum absolute atomic E-state index is 0.112. The maximum absolute atomic E-state index is 12.7. The van der Waals surface area contributed by atoms with E-state index in [1.807, 2.05) is 12.1 Å². The molecule has 2 aromatic rings. The Labute approximate surface area is 179 Å². The number of anilines is 1. The molecule has 2 aromatic carbocycles. The minimum atomic E-state index is -0.238. The Morgan fingerprint density at radius 2 is 1.83 bits per heavy atom. The molecular weight excluding hydrogens is 415 g/mol. The number of methoxy groups -OCH3 is 1. The van der Waals surface area contributed by atoms with Crippen molar-refractivity contribution in [3.8, 4) is 11.5 Å². The van der Waals surface area contributed by atoms with Crippen LogP contribution in [-0.2, 0) is 9.59 Å². The van der Waals surface area contributed by atoms with E-state index in [4.69, 9.17) is 32.7 Å². The second-order valence-electron chi connectivity index (χ2n) is 6.66. The first-order valence-electron chi connectivity index (χ1n) is 9.28. The van der Waals surface area contributed by atoms with Gasteiger partial charge in [0.2, 0.25) is 5.91 Å². The third-order valence-corrected chi connectivity index (χ3v) is 5.35. The smallest absolute Gasteiger partial charge is 0.260 e. The van der Waals surface area contributed by atoms with Crippen molar-refractivity contribution in [2.75, 3.05) is 25.6 Å². The van der Waals surface area contributed by atoms with Crippen molar-refractivity contribution in [3.63, 3.8) is 0 Å². The molecule has 1 aliphatic rings. The van der Waals surface area contributed by atoms with E-state index in [9.17, 15) is 9.59 Å². The second kappa shape index (κ2) is 9.85. The fourth-order valence-corrected chi connectivity index (χ4v) is 3.24. The number of rotatable bonds is 9. The van der Waals surface area contributed by atoms with E-state index in [-0.39, 0.29) is 30.9 Å². The molecule has 0 spiro atoms.